The zero-order valence-electron chi connectivity index (χ0n) is 11.1. The predicted molar refractivity (Wildman–Crippen MR) is 70.3 cm³/mol. The molecule has 1 aromatic carbocycles. The maximum Gasteiger partial charge on any atom is 0.231 e. The van der Waals surface area contributed by atoms with Crippen molar-refractivity contribution >= 4 is 0 Å². The number of hydrogen-bond acceptors (Lipinski definition) is 4. The summed E-state index contributed by atoms with van der Waals surface area (Å²) in [6.07, 6.45) is 1.54. The number of fused-ring (bicyclic) bond motifs is 1. The van der Waals surface area contributed by atoms with Crippen LogP contribution < -0.4 is 9.47 Å². The summed E-state index contributed by atoms with van der Waals surface area (Å²) in [4.78, 5) is 0. The topological polar surface area (TPSA) is 36.9 Å². The Hall–Kier alpha value is -1.52. The molecule has 2 heterocycles. The standard InChI is InChI=1S/C15H18O4/c1-10(2)5-15-16-8-12(19-15)6-11-3-4-13-14(7-11)18-9-17-13/h3-4,7,12,15H,1,5-6,8-9H2,2H3. The summed E-state index contributed by atoms with van der Waals surface area (Å²) in [6, 6.07) is 6.00. The van der Waals surface area contributed by atoms with Crippen molar-refractivity contribution in [2.24, 2.45) is 0 Å². The van der Waals surface area contributed by atoms with Gasteiger partial charge in [0.15, 0.2) is 17.8 Å². The Bertz CT molecular complexity index is 483. The van der Waals surface area contributed by atoms with Crippen molar-refractivity contribution in [1.82, 2.24) is 0 Å². The second kappa shape index (κ2) is 5.23. The van der Waals surface area contributed by atoms with Gasteiger partial charge in [0.1, 0.15) is 0 Å². The van der Waals surface area contributed by atoms with Crippen LogP contribution in [0.3, 0.4) is 0 Å². The van der Waals surface area contributed by atoms with E-state index in [2.05, 4.69) is 6.58 Å². The summed E-state index contributed by atoms with van der Waals surface area (Å²) in [6.45, 7) is 6.80. The van der Waals surface area contributed by atoms with Crippen molar-refractivity contribution in [3.8, 4) is 11.5 Å². The third kappa shape index (κ3) is 2.91. The molecular formula is C15H18O4. The van der Waals surface area contributed by atoms with E-state index in [0.717, 1.165) is 29.9 Å². The number of rotatable bonds is 4. The number of hydrogen-bond donors (Lipinski definition) is 0. The first-order chi connectivity index (χ1) is 9.20. The number of ether oxygens (including phenoxy) is 4. The molecule has 1 fully saturated rings. The van der Waals surface area contributed by atoms with E-state index in [0.29, 0.717) is 13.4 Å². The smallest absolute Gasteiger partial charge is 0.231 e. The van der Waals surface area contributed by atoms with Crippen LogP contribution in [0.1, 0.15) is 18.9 Å². The quantitative estimate of drug-likeness (QED) is 0.782. The van der Waals surface area contributed by atoms with E-state index >= 15 is 0 Å². The molecule has 3 rings (SSSR count). The van der Waals surface area contributed by atoms with Crippen LogP contribution in [0.4, 0.5) is 0 Å². The Labute approximate surface area is 112 Å². The average Bonchev–Trinajstić information content (AvgIpc) is 2.97. The van der Waals surface area contributed by atoms with Gasteiger partial charge in [-0.3, -0.25) is 0 Å². The van der Waals surface area contributed by atoms with Gasteiger partial charge in [-0.25, -0.2) is 0 Å². The first kappa shape index (κ1) is 12.5. The molecule has 2 atom stereocenters. The molecule has 19 heavy (non-hydrogen) atoms. The van der Waals surface area contributed by atoms with Crippen molar-refractivity contribution < 1.29 is 18.9 Å². The molecule has 2 aliphatic rings. The largest absolute Gasteiger partial charge is 0.454 e. The Balaban J connectivity index is 1.59. The molecule has 0 radical (unpaired) electrons. The van der Waals surface area contributed by atoms with Gasteiger partial charge in [-0.15, -0.1) is 0 Å². The molecule has 0 N–H and O–H groups in total. The van der Waals surface area contributed by atoms with Crippen LogP contribution in [0.5, 0.6) is 11.5 Å². The van der Waals surface area contributed by atoms with Gasteiger partial charge in [0.25, 0.3) is 0 Å². The van der Waals surface area contributed by atoms with E-state index in [9.17, 15) is 0 Å². The summed E-state index contributed by atoms with van der Waals surface area (Å²) in [5.74, 6) is 1.63. The summed E-state index contributed by atoms with van der Waals surface area (Å²) < 4.78 is 22.1. The van der Waals surface area contributed by atoms with E-state index in [1.165, 1.54) is 5.56 Å². The Morgan fingerprint density at radius 2 is 2.16 bits per heavy atom. The van der Waals surface area contributed by atoms with E-state index in [1.807, 2.05) is 25.1 Å². The Morgan fingerprint density at radius 3 is 3.00 bits per heavy atom. The molecule has 2 unspecified atom stereocenters. The van der Waals surface area contributed by atoms with Crippen LogP contribution in [0.2, 0.25) is 0 Å². The van der Waals surface area contributed by atoms with E-state index < -0.39 is 0 Å². The van der Waals surface area contributed by atoms with Crippen LogP contribution in [-0.4, -0.2) is 25.8 Å². The van der Waals surface area contributed by atoms with Crippen LogP contribution >= 0.6 is 0 Å². The summed E-state index contributed by atoms with van der Waals surface area (Å²) in [5.41, 5.74) is 2.25. The van der Waals surface area contributed by atoms with Crippen LogP contribution in [-0.2, 0) is 15.9 Å². The van der Waals surface area contributed by atoms with Gasteiger partial charge < -0.3 is 18.9 Å². The second-order valence-corrected chi connectivity index (χ2v) is 5.07. The zero-order valence-corrected chi connectivity index (χ0v) is 11.1. The molecule has 4 heteroatoms. The molecule has 0 bridgehead atoms. The summed E-state index contributed by atoms with van der Waals surface area (Å²) in [7, 11) is 0. The maximum atomic E-state index is 5.84. The fourth-order valence-corrected chi connectivity index (χ4v) is 2.34. The molecule has 0 amide bonds. The zero-order chi connectivity index (χ0) is 13.2. The van der Waals surface area contributed by atoms with Gasteiger partial charge in [-0.2, -0.15) is 0 Å². The van der Waals surface area contributed by atoms with E-state index in [4.69, 9.17) is 18.9 Å². The lowest BCUT2D eigenvalue weighted by atomic mass is 10.1. The van der Waals surface area contributed by atoms with Crippen LogP contribution in [0, 0.1) is 0 Å². The van der Waals surface area contributed by atoms with Crippen molar-refractivity contribution in [2.75, 3.05) is 13.4 Å². The fraction of sp³-hybridized carbons (Fsp3) is 0.467. The molecule has 1 saturated heterocycles. The van der Waals surface area contributed by atoms with Crippen molar-refractivity contribution in [2.45, 2.75) is 32.2 Å². The van der Waals surface area contributed by atoms with Crippen LogP contribution in [0.15, 0.2) is 30.4 Å². The number of benzene rings is 1. The molecule has 4 nitrogen and oxygen atoms in total. The van der Waals surface area contributed by atoms with Crippen molar-refractivity contribution in [1.29, 1.82) is 0 Å². The fourth-order valence-electron chi connectivity index (χ4n) is 2.34. The van der Waals surface area contributed by atoms with Gasteiger partial charge in [-0.1, -0.05) is 18.2 Å². The highest BCUT2D eigenvalue weighted by Crippen LogP contribution is 2.33. The maximum absolute atomic E-state index is 5.84. The highest BCUT2D eigenvalue weighted by Gasteiger charge is 2.26. The molecule has 0 aromatic heterocycles. The Kier molecular flexibility index (Phi) is 3.44. The first-order valence-corrected chi connectivity index (χ1v) is 6.50. The highest BCUT2D eigenvalue weighted by molar-refractivity contribution is 5.44. The molecule has 0 aliphatic carbocycles. The molecule has 1 aromatic rings. The van der Waals surface area contributed by atoms with E-state index in [1.54, 1.807) is 0 Å². The minimum Gasteiger partial charge on any atom is -0.454 e. The van der Waals surface area contributed by atoms with Gasteiger partial charge in [-0.05, 0) is 24.6 Å². The van der Waals surface area contributed by atoms with Crippen LogP contribution in [0.25, 0.3) is 0 Å². The summed E-state index contributed by atoms with van der Waals surface area (Å²) >= 11 is 0. The highest BCUT2D eigenvalue weighted by atomic mass is 16.7. The molecule has 2 aliphatic heterocycles. The molecular weight excluding hydrogens is 244 g/mol. The third-order valence-electron chi connectivity index (χ3n) is 3.23. The lowest BCUT2D eigenvalue weighted by Gasteiger charge is -2.11. The van der Waals surface area contributed by atoms with Gasteiger partial charge in [0.2, 0.25) is 6.79 Å². The van der Waals surface area contributed by atoms with E-state index in [-0.39, 0.29) is 12.4 Å². The minimum atomic E-state index is -0.142. The van der Waals surface area contributed by atoms with Crippen molar-refractivity contribution in [3.05, 3.63) is 35.9 Å². The average molecular weight is 262 g/mol. The summed E-state index contributed by atoms with van der Waals surface area (Å²) in [5, 5.41) is 0. The second-order valence-electron chi connectivity index (χ2n) is 5.07. The van der Waals surface area contributed by atoms with Crippen molar-refractivity contribution in [3.63, 3.8) is 0 Å². The first-order valence-electron chi connectivity index (χ1n) is 6.50. The monoisotopic (exact) mass is 262 g/mol. The lowest BCUT2D eigenvalue weighted by Crippen LogP contribution is -2.15. The minimum absolute atomic E-state index is 0.102. The third-order valence-corrected chi connectivity index (χ3v) is 3.23. The Morgan fingerprint density at radius 1 is 1.32 bits per heavy atom. The predicted octanol–water partition coefficient (Wildman–Crippen LogP) is 2.67. The lowest BCUT2D eigenvalue weighted by molar-refractivity contribution is -0.0552. The SMILES string of the molecule is C=C(C)CC1OCC(Cc2ccc3c(c2)OCO3)O1. The van der Waals surface area contributed by atoms with Gasteiger partial charge in [0.05, 0.1) is 12.7 Å². The van der Waals surface area contributed by atoms with Gasteiger partial charge in [0, 0.05) is 12.8 Å². The molecule has 0 spiro atoms. The molecule has 102 valence electrons. The normalized spacial score (nSPS) is 24.7. The molecule has 0 saturated carbocycles. The van der Waals surface area contributed by atoms with Gasteiger partial charge >= 0.3 is 0 Å².